The van der Waals surface area contributed by atoms with Crippen molar-refractivity contribution in [2.75, 3.05) is 7.11 Å². The van der Waals surface area contributed by atoms with Gasteiger partial charge in [-0.1, -0.05) is 26.0 Å². The molecule has 0 fully saturated rings. The van der Waals surface area contributed by atoms with Gasteiger partial charge in [0.05, 0.1) is 12.7 Å². The minimum absolute atomic E-state index is 0.287. The average molecular weight is 263 g/mol. The van der Waals surface area contributed by atoms with E-state index in [-0.39, 0.29) is 5.97 Å². The van der Waals surface area contributed by atoms with Crippen molar-refractivity contribution in [3.8, 4) is 0 Å². The van der Waals surface area contributed by atoms with Crippen LogP contribution in [0.5, 0.6) is 0 Å². The molecule has 1 unspecified atom stereocenters. The van der Waals surface area contributed by atoms with Crippen molar-refractivity contribution < 1.29 is 9.53 Å². The zero-order valence-electron chi connectivity index (χ0n) is 12.4. The molecule has 0 saturated carbocycles. The lowest BCUT2D eigenvalue weighted by atomic mass is 10.0. The summed E-state index contributed by atoms with van der Waals surface area (Å²) in [4.78, 5) is 11.3. The van der Waals surface area contributed by atoms with E-state index in [2.05, 4.69) is 30.8 Å². The third-order valence-corrected chi connectivity index (χ3v) is 3.21. The molecule has 3 nitrogen and oxygen atoms in total. The predicted octanol–water partition coefficient (Wildman–Crippen LogP) is 3.39. The molecule has 0 bridgehead atoms. The maximum absolute atomic E-state index is 11.3. The van der Waals surface area contributed by atoms with Crippen molar-refractivity contribution in [3.05, 3.63) is 35.4 Å². The van der Waals surface area contributed by atoms with Crippen LogP contribution in [0.2, 0.25) is 0 Å². The van der Waals surface area contributed by atoms with Gasteiger partial charge in [0, 0.05) is 12.6 Å². The number of ether oxygens (including phenoxy) is 1. The van der Waals surface area contributed by atoms with Crippen LogP contribution < -0.4 is 5.32 Å². The molecule has 3 heteroatoms. The Hall–Kier alpha value is -1.35. The van der Waals surface area contributed by atoms with Crippen LogP contribution in [0.1, 0.15) is 49.5 Å². The number of carbonyl (C=O) groups is 1. The van der Waals surface area contributed by atoms with E-state index in [1.165, 1.54) is 25.5 Å². The molecule has 19 heavy (non-hydrogen) atoms. The van der Waals surface area contributed by atoms with E-state index in [9.17, 15) is 4.79 Å². The maximum Gasteiger partial charge on any atom is 0.337 e. The van der Waals surface area contributed by atoms with E-state index < -0.39 is 0 Å². The monoisotopic (exact) mass is 263 g/mol. The molecule has 1 rings (SSSR count). The number of benzene rings is 1. The number of esters is 1. The van der Waals surface area contributed by atoms with Gasteiger partial charge in [0.15, 0.2) is 0 Å². The third kappa shape index (κ3) is 5.88. The van der Waals surface area contributed by atoms with Crippen molar-refractivity contribution in [3.63, 3.8) is 0 Å². The van der Waals surface area contributed by atoms with Crippen molar-refractivity contribution in [1.82, 2.24) is 5.32 Å². The number of nitrogens with one attached hydrogen (secondary N) is 1. The van der Waals surface area contributed by atoms with Crippen LogP contribution in [0, 0.1) is 5.92 Å². The van der Waals surface area contributed by atoms with Crippen LogP contribution in [-0.2, 0) is 11.3 Å². The highest BCUT2D eigenvalue weighted by Crippen LogP contribution is 2.09. The fourth-order valence-electron chi connectivity index (χ4n) is 1.85. The Morgan fingerprint density at radius 3 is 2.32 bits per heavy atom. The fourth-order valence-corrected chi connectivity index (χ4v) is 1.85. The summed E-state index contributed by atoms with van der Waals surface area (Å²) in [5, 5.41) is 3.50. The first-order chi connectivity index (χ1) is 9.02. The van der Waals surface area contributed by atoms with Gasteiger partial charge in [-0.2, -0.15) is 0 Å². The van der Waals surface area contributed by atoms with Gasteiger partial charge in [0.25, 0.3) is 0 Å². The standard InChI is InChI=1S/C16H25NO2/c1-12(2)5-6-13(3)17-11-14-7-9-15(10-8-14)16(18)19-4/h7-10,12-13,17H,5-6,11H2,1-4H3. The smallest absolute Gasteiger partial charge is 0.337 e. The van der Waals surface area contributed by atoms with Gasteiger partial charge in [-0.3, -0.25) is 0 Å². The molecule has 0 aliphatic heterocycles. The zero-order chi connectivity index (χ0) is 14.3. The Labute approximate surface area is 116 Å². The van der Waals surface area contributed by atoms with Crippen LogP contribution >= 0.6 is 0 Å². The molecule has 0 spiro atoms. The quantitative estimate of drug-likeness (QED) is 0.766. The third-order valence-electron chi connectivity index (χ3n) is 3.21. The van der Waals surface area contributed by atoms with Crippen LogP contribution in [0.25, 0.3) is 0 Å². The zero-order valence-corrected chi connectivity index (χ0v) is 12.4. The summed E-state index contributed by atoms with van der Waals surface area (Å²) in [7, 11) is 1.40. The number of carbonyl (C=O) groups excluding carboxylic acids is 1. The molecule has 0 radical (unpaired) electrons. The molecule has 0 amide bonds. The summed E-state index contributed by atoms with van der Waals surface area (Å²) >= 11 is 0. The second kappa shape index (κ2) is 7.95. The van der Waals surface area contributed by atoms with Crippen molar-refractivity contribution in [2.45, 2.75) is 46.2 Å². The van der Waals surface area contributed by atoms with Gasteiger partial charge < -0.3 is 10.1 Å². The normalized spacial score (nSPS) is 12.5. The molecule has 0 aliphatic carbocycles. The summed E-state index contributed by atoms with van der Waals surface area (Å²) in [5.74, 6) is 0.466. The Kier molecular flexibility index (Phi) is 6.57. The highest BCUT2D eigenvalue weighted by atomic mass is 16.5. The minimum Gasteiger partial charge on any atom is -0.465 e. The molecule has 0 saturated heterocycles. The summed E-state index contributed by atoms with van der Waals surface area (Å²) in [6.45, 7) is 7.54. The van der Waals surface area contributed by atoms with Gasteiger partial charge in [-0.05, 0) is 43.4 Å². The Morgan fingerprint density at radius 2 is 1.79 bits per heavy atom. The van der Waals surface area contributed by atoms with E-state index >= 15 is 0 Å². The minimum atomic E-state index is -0.287. The first-order valence-electron chi connectivity index (χ1n) is 6.93. The van der Waals surface area contributed by atoms with E-state index in [0.717, 1.165) is 12.5 Å². The van der Waals surface area contributed by atoms with Crippen molar-refractivity contribution in [2.24, 2.45) is 5.92 Å². The van der Waals surface area contributed by atoms with E-state index in [1.807, 2.05) is 24.3 Å². The summed E-state index contributed by atoms with van der Waals surface area (Å²) < 4.78 is 4.67. The highest BCUT2D eigenvalue weighted by Gasteiger charge is 2.06. The lowest BCUT2D eigenvalue weighted by Gasteiger charge is -2.15. The first kappa shape index (κ1) is 15.7. The van der Waals surface area contributed by atoms with E-state index in [0.29, 0.717) is 11.6 Å². The van der Waals surface area contributed by atoms with Gasteiger partial charge in [-0.15, -0.1) is 0 Å². The Bertz CT molecular complexity index is 384. The SMILES string of the molecule is COC(=O)c1ccc(CNC(C)CCC(C)C)cc1. The summed E-state index contributed by atoms with van der Waals surface area (Å²) in [6.07, 6.45) is 2.44. The number of hydrogen-bond acceptors (Lipinski definition) is 3. The molecule has 1 aromatic carbocycles. The fraction of sp³-hybridized carbons (Fsp3) is 0.562. The van der Waals surface area contributed by atoms with Crippen LogP contribution in [0.4, 0.5) is 0 Å². The molecule has 0 aliphatic rings. The molecule has 1 aromatic rings. The molecule has 0 heterocycles. The highest BCUT2D eigenvalue weighted by molar-refractivity contribution is 5.89. The summed E-state index contributed by atoms with van der Waals surface area (Å²) in [5.41, 5.74) is 1.78. The molecule has 0 aromatic heterocycles. The molecular weight excluding hydrogens is 238 g/mol. The first-order valence-corrected chi connectivity index (χ1v) is 6.93. The lowest BCUT2D eigenvalue weighted by Crippen LogP contribution is -2.25. The lowest BCUT2D eigenvalue weighted by molar-refractivity contribution is 0.0600. The Morgan fingerprint density at radius 1 is 1.16 bits per heavy atom. The maximum atomic E-state index is 11.3. The van der Waals surface area contributed by atoms with E-state index in [4.69, 9.17) is 0 Å². The molecule has 1 N–H and O–H groups in total. The Balaban J connectivity index is 2.39. The number of hydrogen-bond donors (Lipinski definition) is 1. The molecule has 1 atom stereocenters. The molecule has 106 valence electrons. The second-order valence-corrected chi connectivity index (χ2v) is 5.44. The largest absolute Gasteiger partial charge is 0.465 e. The van der Waals surface area contributed by atoms with Crippen molar-refractivity contribution in [1.29, 1.82) is 0 Å². The van der Waals surface area contributed by atoms with Crippen molar-refractivity contribution >= 4 is 5.97 Å². The van der Waals surface area contributed by atoms with Gasteiger partial charge in [0.1, 0.15) is 0 Å². The number of rotatable bonds is 7. The van der Waals surface area contributed by atoms with Crippen LogP contribution in [0.15, 0.2) is 24.3 Å². The van der Waals surface area contributed by atoms with Crippen LogP contribution in [-0.4, -0.2) is 19.1 Å². The van der Waals surface area contributed by atoms with Gasteiger partial charge >= 0.3 is 5.97 Å². The number of methoxy groups -OCH3 is 1. The van der Waals surface area contributed by atoms with Crippen LogP contribution in [0.3, 0.4) is 0 Å². The summed E-state index contributed by atoms with van der Waals surface area (Å²) in [6, 6.07) is 8.06. The second-order valence-electron chi connectivity index (χ2n) is 5.44. The average Bonchev–Trinajstić information content (AvgIpc) is 2.42. The van der Waals surface area contributed by atoms with Gasteiger partial charge in [0.2, 0.25) is 0 Å². The topological polar surface area (TPSA) is 38.3 Å². The molecular formula is C16H25NO2. The van der Waals surface area contributed by atoms with Gasteiger partial charge in [-0.25, -0.2) is 4.79 Å². The van der Waals surface area contributed by atoms with E-state index in [1.54, 1.807) is 0 Å². The predicted molar refractivity (Wildman–Crippen MR) is 78.2 cm³/mol.